The smallest absolute Gasteiger partial charge is 0.389 e. The molecule has 0 aromatic heterocycles. The first-order valence-electron chi connectivity index (χ1n) is 7.67. The van der Waals surface area contributed by atoms with Crippen LogP contribution in [0.25, 0.3) is 0 Å². The third-order valence-electron chi connectivity index (χ3n) is 4.05. The molecule has 1 fully saturated rings. The minimum Gasteiger partial charge on any atom is -0.497 e. The van der Waals surface area contributed by atoms with Gasteiger partial charge in [-0.15, -0.1) is 24.8 Å². The SMILES string of the molecule is COc1cc(OC)cc([C@@H](CCC(F)(F)F)N2CCNCC2)c1.Cl.Cl. The molecule has 4 nitrogen and oxygen atoms in total. The van der Waals surface area contributed by atoms with Gasteiger partial charge in [-0.05, 0) is 24.1 Å². The summed E-state index contributed by atoms with van der Waals surface area (Å²) < 4.78 is 48.6. The topological polar surface area (TPSA) is 33.7 Å². The third-order valence-corrected chi connectivity index (χ3v) is 4.05. The van der Waals surface area contributed by atoms with Crippen molar-refractivity contribution in [2.45, 2.75) is 25.1 Å². The van der Waals surface area contributed by atoms with Crippen molar-refractivity contribution in [1.82, 2.24) is 10.2 Å². The molecule has 1 N–H and O–H groups in total. The van der Waals surface area contributed by atoms with Gasteiger partial charge >= 0.3 is 6.18 Å². The van der Waals surface area contributed by atoms with Gasteiger partial charge in [0.2, 0.25) is 0 Å². The van der Waals surface area contributed by atoms with Crippen molar-refractivity contribution in [3.05, 3.63) is 23.8 Å². The average Bonchev–Trinajstić information content (AvgIpc) is 2.54. The number of nitrogens with one attached hydrogen (secondary N) is 1. The number of halogens is 5. The Kier molecular flexibility index (Phi) is 10.6. The quantitative estimate of drug-likeness (QED) is 0.780. The van der Waals surface area contributed by atoms with Gasteiger partial charge in [-0.25, -0.2) is 0 Å². The maximum absolute atomic E-state index is 12.7. The van der Waals surface area contributed by atoms with Crippen molar-refractivity contribution in [3.63, 3.8) is 0 Å². The fourth-order valence-electron chi connectivity index (χ4n) is 2.88. The Morgan fingerprint density at radius 3 is 2.00 bits per heavy atom. The average molecular weight is 405 g/mol. The molecule has 0 bridgehead atoms. The van der Waals surface area contributed by atoms with Gasteiger partial charge in [0.15, 0.2) is 0 Å². The zero-order valence-corrected chi connectivity index (χ0v) is 15.9. The molecule has 0 aliphatic carbocycles. The van der Waals surface area contributed by atoms with Gasteiger partial charge in [0.25, 0.3) is 0 Å². The summed E-state index contributed by atoms with van der Waals surface area (Å²) in [7, 11) is 3.07. The Balaban J connectivity index is 0.00000288. The highest BCUT2D eigenvalue weighted by atomic mass is 35.5. The molecular weight excluding hydrogens is 380 g/mol. The lowest BCUT2D eigenvalue weighted by Gasteiger charge is -2.35. The van der Waals surface area contributed by atoms with Crippen LogP contribution in [0.3, 0.4) is 0 Å². The third kappa shape index (κ3) is 7.48. The van der Waals surface area contributed by atoms with Crippen LogP contribution >= 0.6 is 24.8 Å². The molecule has 0 radical (unpaired) electrons. The zero-order chi connectivity index (χ0) is 16.9. The second-order valence-electron chi connectivity index (χ2n) is 5.60. The number of methoxy groups -OCH3 is 2. The summed E-state index contributed by atoms with van der Waals surface area (Å²) >= 11 is 0. The highest BCUT2D eigenvalue weighted by molar-refractivity contribution is 5.85. The molecule has 1 aliphatic heterocycles. The minimum absolute atomic E-state index is 0. The summed E-state index contributed by atoms with van der Waals surface area (Å²) in [6.45, 7) is 3.01. The molecule has 1 atom stereocenters. The summed E-state index contributed by atoms with van der Waals surface area (Å²) in [5.74, 6) is 1.18. The van der Waals surface area contributed by atoms with Crippen LogP contribution in [0.1, 0.15) is 24.4 Å². The summed E-state index contributed by atoms with van der Waals surface area (Å²) in [5.41, 5.74) is 0.798. The predicted octanol–water partition coefficient (Wildman–Crippen LogP) is 3.84. The molecule has 1 aromatic rings. The molecule has 1 aromatic carbocycles. The number of alkyl halides is 3. The molecule has 1 aliphatic rings. The van der Waals surface area contributed by atoms with E-state index in [0.717, 1.165) is 31.7 Å². The van der Waals surface area contributed by atoms with E-state index in [1.54, 1.807) is 18.2 Å². The van der Waals surface area contributed by atoms with Gasteiger partial charge in [0, 0.05) is 44.7 Å². The van der Waals surface area contributed by atoms with Crippen LogP contribution in [0.4, 0.5) is 13.2 Å². The van der Waals surface area contributed by atoms with E-state index in [4.69, 9.17) is 9.47 Å². The molecule has 25 heavy (non-hydrogen) atoms. The Morgan fingerprint density at radius 2 is 1.56 bits per heavy atom. The van der Waals surface area contributed by atoms with Crippen LogP contribution in [0.5, 0.6) is 11.5 Å². The highest BCUT2D eigenvalue weighted by Gasteiger charge is 2.31. The lowest BCUT2D eigenvalue weighted by Crippen LogP contribution is -2.45. The number of benzene rings is 1. The fourth-order valence-corrected chi connectivity index (χ4v) is 2.88. The van der Waals surface area contributed by atoms with Crippen molar-refractivity contribution >= 4 is 24.8 Å². The summed E-state index contributed by atoms with van der Waals surface area (Å²) in [4.78, 5) is 2.09. The van der Waals surface area contributed by atoms with Crippen molar-refractivity contribution in [3.8, 4) is 11.5 Å². The maximum Gasteiger partial charge on any atom is 0.389 e. The first kappa shape index (κ1) is 24.1. The first-order chi connectivity index (χ1) is 10.9. The van der Waals surface area contributed by atoms with Gasteiger partial charge in [-0.2, -0.15) is 13.2 Å². The Labute approximate surface area is 158 Å². The van der Waals surface area contributed by atoms with Gasteiger partial charge < -0.3 is 14.8 Å². The molecule has 0 amide bonds. The van der Waals surface area contributed by atoms with Crippen LogP contribution < -0.4 is 14.8 Å². The second-order valence-corrected chi connectivity index (χ2v) is 5.60. The standard InChI is InChI=1S/C16H23F3N2O2.2ClH/c1-22-13-9-12(10-14(11-13)23-2)15(3-4-16(17,18)19)21-7-5-20-6-8-21;;/h9-11,15,20H,3-8H2,1-2H3;2*1H/t15-;;/m1../s1. The number of piperazine rings is 1. The summed E-state index contributed by atoms with van der Waals surface area (Å²) in [6.07, 6.45) is -4.93. The fraction of sp³-hybridized carbons (Fsp3) is 0.625. The predicted molar refractivity (Wildman–Crippen MR) is 96.5 cm³/mol. The molecule has 146 valence electrons. The van der Waals surface area contributed by atoms with Crippen LogP contribution in [-0.2, 0) is 0 Å². The van der Waals surface area contributed by atoms with E-state index in [-0.39, 0.29) is 37.3 Å². The Morgan fingerprint density at radius 1 is 1.04 bits per heavy atom. The molecule has 2 rings (SSSR count). The first-order valence-corrected chi connectivity index (χ1v) is 7.67. The summed E-state index contributed by atoms with van der Waals surface area (Å²) in [6, 6.07) is 5.02. The lowest BCUT2D eigenvalue weighted by molar-refractivity contribution is -0.138. The molecule has 1 saturated heterocycles. The number of hydrogen-bond acceptors (Lipinski definition) is 4. The van der Waals surface area contributed by atoms with Crippen molar-refractivity contribution in [2.75, 3.05) is 40.4 Å². The van der Waals surface area contributed by atoms with E-state index in [1.807, 2.05) is 0 Å². The highest BCUT2D eigenvalue weighted by Crippen LogP contribution is 2.35. The lowest BCUT2D eigenvalue weighted by atomic mass is 9.98. The number of ether oxygens (including phenoxy) is 2. The normalized spacial score (nSPS) is 16.4. The van der Waals surface area contributed by atoms with E-state index in [0.29, 0.717) is 11.5 Å². The van der Waals surface area contributed by atoms with Gasteiger partial charge in [-0.3, -0.25) is 4.90 Å². The van der Waals surface area contributed by atoms with E-state index >= 15 is 0 Å². The number of hydrogen-bond donors (Lipinski definition) is 1. The largest absolute Gasteiger partial charge is 0.497 e. The van der Waals surface area contributed by atoms with Crippen molar-refractivity contribution in [1.29, 1.82) is 0 Å². The monoisotopic (exact) mass is 404 g/mol. The Bertz CT molecular complexity index is 490. The number of nitrogens with zero attached hydrogens (tertiary/aromatic N) is 1. The summed E-state index contributed by atoms with van der Waals surface area (Å²) in [5, 5.41) is 3.23. The molecule has 0 unspecified atom stereocenters. The van der Waals surface area contributed by atoms with E-state index in [2.05, 4.69) is 10.2 Å². The van der Waals surface area contributed by atoms with Gasteiger partial charge in [0.1, 0.15) is 11.5 Å². The van der Waals surface area contributed by atoms with Gasteiger partial charge in [0.05, 0.1) is 14.2 Å². The van der Waals surface area contributed by atoms with Crippen LogP contribution in [0.2, 0.25) is 0 Å². The second kappa shape index (κ2) is 11.0. The van der Waals surface area contributed by atoms with E-state index < -0.39 is 12.6 Å². The molecule has 0 spiro atoms. The maximum atomic E-state index is 12.7. The minimum atomic E-state index is -4.16. The zero-order valence-electron chi connectivity index (χ0n) is 14.3. The van der Waals surface area contributed by atoms with Crippen LogP contribution in [-0.4, -0.2) is 51.5 Å². The van der Waals surface area contributed by atoms with Crippen LogP contribution in [0.15, 0.2) is 18.2 Å². The van der Waals surface area contributed by atoms with Crippen LogP contribution in [0, 0.1) is 0 Å². The number of rotatable bonds is 6. The van der Waals surface area contributed by atoms with E-state index in [1.165, 1.54) is 14.2 Å². The molecule has 0 saturated carbocycles. The molecular formula is C16H25Cl2F3N2O2. The molecule has 1 heterocycles. The van der Waals surface area contributed by atoms with E-state index in [9.17, 15) is 13.2 Å². The van der Waals surface area contributed by atoms with Gasteiger partial charge in [-0.1, -0.05) is 0 Å². The van der Waals surface area contributed by atoms with Crippen molar-refractivity contribution < 1.29 is 22.6 Å². The Hall–Kier alpha value is -0.890. The van der Waals surface area contributed by atoms with Crippen molar-refractivity contribution in [2.24, 2.45) is 0 Å². The molecule has 9 heteroatoms.